The second-order valence-corrected chi connectivity index (χ2v) is 4.05. The molecule has 17 heavy (non-hydrogen) atoms. The standard InChI is InChI=1S/C13H19F2NO/c1-10-3-5-12(6-4-10)11(2)16-7-8-17-9-13(14)15/h3-6,11,13,16H,7-9H2,1-2H3. The second-order valence-electron chi connectivity index (χ2n) is 4.05. The highest BCUT2D eigenvalue weighted by molar-refractivity contribution is 5.23. The van der Waals surface area contributed by atoms with Crippen molar-refractivity contribution >= 4 is 0 Å². The van der Waals surface area contributed by atoms with Gasteiger partial charge in [0.2, 0.25) is 0 Å². The molecule has 0 amide bonds. The zero-order valence-corrected chi connectivity index (χ0v) is 10.2. The van der Waals surface area contributed by atoms with Crippen molar-refractivity contribution in [2.24, 2.45) is 0 Å². The third-order valence-electron chi connectivity index (χ3n) is 2.52. The average molecular weight is 243 g/mol. The molecule has 0 aliphatic heterocycles. The van der Waals surface area contributed by atoms with Crippen LogP contribution in [-0.4, -0.2) is 26.2 Å². The summed E-state index contributed by atoms with van der Waals surface area (Å²) in [7, 11) is 0. The fraction of sp³-hybridized carbons (Fsp3) is 0.538. The normalized spacial score (nSPS) is 13.0. The summed E-state index contributed by atoms with van der Waals surface area (Å²) in [5.74, 6) is 0. The largest absolute Gasteiger partial charge is 0.374 e. The molecule has 96 valence electrons. The molecule has 0 bridgehead atoms. The Bertz CT molecular complexity index is 314. The highest BCUT2D eigenvalue weighted by Gasteiger charge is 2.04. The monoisotopic (exact) mass is 243 g/mol. The maximum absolute atomic E-state index is 11.8. The molecule has 1 aromatic carbocycles. The van der Waals surface area contributed by atoms with Crippen LogP contribution in [0, 0.1) is 6.92 Å². The highest BCUT2D eigenvalue weighted by Crippen LogP contribution is 2.12. The topological polar surface area (TPSA) is 21.3 Å². The van der Waals surface area contributed by atoms with Crippen LogP contribution in [0.4, 0.5) is 8.78 Å². The number of nitrogens with one attached hydrogen (secondary N) is 1. The molecule has 1 rings (SSSR count). The van der Waals surface area contributed by atoms with Crippen LogP contribution in [0.5, 0.6) is 0 Å². The summed E-state index contributed by atoms with van der Waals surface area (Å²) in [5.41, 5.74) is 2.41. The SMILES string of the molecule is Cc1ccc(C(C)NCCOCC(F)F)cc1. The molecule has 0 saturated carbocycles. The van der Waals surface area contributed by atoms with Crippen molar-refractivity contribution in [3.8, 4) is 0 Å². The molecule has 1 unspecified atom stereocenters. The first kappa shape index (κ1) is 14.1. The highest BCUT2D eigenvalue weighted by atomic mass is 19.3. The van der Waals surface area contributed by atoms with Crippen LogP contribution in [0.1, 0.15) is 24.1 Å². The molecule has 4 heteroatoms. The minimum atomic E-state index is -2.38. The fourth-order valence-electron chi connectivity index (χ4n) is 1.49. The van der Waals surface area contributed by atoms with Gasteiger partial charge in [-0.25, -0.2) is 8.78 Å². The predicted molar refractivity (Wildman–Crippen MR) is 64.4 cm³/mol. The average Bonchev–Trinajstić information content (AvgIpc) is 2.29. The zero-order chi connectivity index (χ0) is 12.7. The van der Waals surface area contributed by atoms with Gasteiger partial charge in [0.15, 0.2) is 0 Å². The molecular formula is C13H19F2NO. The summed E-state index contributed by atoms with van der Waals surface area (Å²) in [6.45, 7) is 4.47. The van der Waals surface area contributed by atoms with Crippen molar-refractivity contribution in [2.75, 3.05) is 19.8 Å². The molecule has 0 radical (unpaired) electrons. The first-order valence-electron chi connectivity index (χ1n) is 5.75. The van der Waals surface area contributed by atoms with E-state index in [2.05, 4.69) is 29.6 Å². The first-order chi connectivity index (χ1) is 8.09. The smallest absolute Gasteiger partial charge is 0.261 e. The number of ether oxygens (including phenoxy) is 1. The number of halogens is 2. The lowest BCUT2D eigenvalue weighted by Crippen LogP contribution is -2.24. The lowest BCUT2D eigenvalue weighted by molar-refractivity contribution is 0.0183. The van der Waals surface area contributed by atoms with Crippen LogP contribution in [0.25, 0.3) is 0 Å². The molecule has 2 nitrogen and oxygen atoms in total. The molecule has 0 heterocycles. The molecule has 0 aromatic heterocycles. The summed E-state index contributed by atoms with van der Waals surface area (Å²) >= 11 is 0. The summed E-state index contributed by atoms with van der Waals surface area (Å²) < 4.78 is 28.3. The van der Waals surface area contributed by atoms with E-state index in [4.69, 9.17) is 4.74 Å². The van der Waals surface area contributed by atoms with Crippen molar-refractivity contribution in [3.63, 3.8) is 0 Å². The van der Waals surface area contributed by atoms with E-state index < -0.39 is 13.0 Å². The van der Waals surface area contributed by atoms with Gasteiger partial charge >= 0.3 is 0 Å². The second kappa shape index (κ2) is 7.35. The van der Waals surface area contributed by atoms with Gasteiger partial charge in [-0.15, -0.1) is 0 Å². The fourth-order valence-corrected chi connectivity index (χ4v) is 1.49. The van der Waals surface area contributed by atoms with Gasteiger partial charge in [0, 0.05) is 12.6 Å². The van der Waals surface area contributed by atoms with Gasteiger partial charge in [-0.1, -0.05) is 29.8 Å². The Balaban J connectivity index is 2.21. The van der Waals surface area contributed by atoms with Gasteiger partial charge in [0.05, 0.1) is 6.61 Å². The summed E-state index contributed by atoms with van der Waals surface area (Å²) in [4.78, 5) is 0. The molecule has 0 aliphatic carbocycles. The molecule has 1 atom stereocenters. The maximum Gasteiger partial charge on any atom is 0.261 e. The van der Waals surface area contributed by atoms with Crippen LogP contribution in [0.15, 0.2) is 24.3 Å². The summed E-state index contributed by atoms with van der Waals surface area (Å²) in [6, 6.07) is 8.44. The Morgan fingerprint density at radius 1 is 1.24 bits per heavy atom. The van der Waals surface area contributed by atoms with Gasteiger partial charge in [0.25, 0.3) is 6.43 Å². The van der Waals surface area contributed by atoms with Crippen LogP contribution in [0.2, 0.25) is 0 Å². The van der Waals surface area contributed by atoms with Crippen molar-refractivity contribution < 1.29 is 13.5 Å². The number of hydrogen-bond acceptors (Lipinski definition) is 2. The predicted octanol–water partition coefficient (Wildman–Crippen LogP) is 2.93. The Labute approximate surface area is 101 Å². The van der Waals surface area contributed by atoms with Gasteiger partial charge in [-0.3, -0.25) is 0 Å². The van der Waals surface area contributed by atoms with Crippen LogP contribution < -0.4 is 5.32 Å². The Kier molecular flexibility index (Phi) is 6.08. The number of rotatable bonds is 7. The number of hydrogen-bond donors (Lipinski definition) is 1. The van der Waals surface area contributed by atoms with Crippen LogP contribution >= 0.6 is 0 Å². The number of benzene rings is 1. The van der Waals surface area contributed by atoms with Gasteiger partial charge in [0.1, 0.15) is 6.61 Å². The van der Waals surface area contributed by atoms with E-state index in [0.717, 1.165) is 0 Å². The van der Waals surface area contributed by atoms with E-state index in [1.54, 1.807) is 0 Å². The summed E-state index contributed by atoms with van der Waals surface area (Å²) in [5, 5.41) is 3.22. The molecule has 0 aliphatic rings. The Morgan fingerprint density at radius 2 is 1.88 bits per heavy atom. The molecule has 0 spiro atoms. The first-order valence-corrected chi connectivity index (χ1v) is 5.75. The molecule has 1 N–H and O–H groups in total. The van der Waals surface area contributed by atoms with Gasteiger partial charge < -0.3 is 10.1 Å². The summed E-state index contributed by atoms with van der Waals surface area (Å²) in [6.07, 6.45) is -2.38. The van der Waals surface area contributed by atoms with Crippen molar-refractivity contribution in [2.45, 2.75) is 26.3 Å². The van der Waals surface area contributed by atoms with E-state index in [0.29, 0.717) is 13.2 Å². The lowest BCUT2D eigenvalue weighted by atomic mass is 10.1. The lowest BCUT2D eigenvalue weighted by Gasteiger charge is -2.14. The maximum atomic E-state index is 11.8. The minimum absolute atomic E-state index is 0.200. The molecule has 0 fully saturated rings. The van der Waals surface area contributed by atoms with E-state index >= 15 is 0 Å². The van der Waals surface area contributed by atoms with Gasteiger partial charge in [-0.05, 0) is 19.4 Å². The van der Waals surface area contributed by atoms with Crippen molar-refractivity contribution in [1.82, 2.24) is 5.32 Å². The third kappa shape index (κ3) is 5.75. The Hall–Kier alpha value is -1.00. The third-order valence-corrected chi connectivity index (χ3v) is 2.52. The number of aryl methyl sites for hydroxylation is 1. The van der Waals surface area contributed by atoms with Gasteiger partial charge in [-0.2, -0.15) is 0 Å². The van der Waals surface area contributed by atoms with Crippen LogP contribution in [0.3, 0.4) is 0 Å². The van der Waals surface area contributed by atoms with E-state index in [1.807, 2.05) is 13.8 Å². The molecule has 0 saturated heterocycles. The van der Waals surface area contributed by atoms with E-state index in [-0.39, 0.29) is 6.04 Å². The van der Waals surface area contributed by atoms with Crippen LogP contribution in [-0.2, 0) is 4.74 Å². The quantitative estimate of drug-likeness (QED) is 0.743. The van der Waals surface area contributed by atoms with Crippen molar-refractivity contribution in [3.05, 3.63) is 35.4 Å². The minimum Gasteiger partial charge on any atom is -0.374 e. The van der Waals surface area contributed by atoms with Crippen molar-refractivity contribution in [1.29, 1.82) is 0 Å². The molecular weight excluding hydrogens is 224 g/mol. The van der Waals surface area contributed by atoms with E-state index in [9.17, 15) is 8.78 Å². The van der Waals surface area contributed by atoms with E-state index in [1.165, 1.54) is 11.1 Å². The number of alkyl halides is 2. The zero-order valence-electron chi connectivity index (χ0n) is 10.2. The molecule has 1 aromatic rings. The Morgan fingerprint density at radius 3 is 2.47 bits per heavy atom.